The average molecular weight is 387 g/mol. The maximum absolute atomic E-state index is 12.0. The molecule has 0 aliphatic heterocycles. The molecule has 0 heterocycles. The molecule has 3 N–H and O–H groups in total. The topological polar surface area (TPSA) is 78.4 Å². The lowest BCUT2D eigenvalue weighted by Crippen LogP contribution is -2.46. The second-order valence-electron chi connectivity index (χ2n) is 6.99. The number of thioether (sulfide) groups is 1. The largest absolute Gasteiger partial charge is 0.394 e. The Balaban J connectivity index is 1.76. The summed E-state index contributed by atoms with van der Waals surface area (Å²) in [6.45, 7) is 3.41. The fraction of sp³-hybridized carbons (Fsp3) is 0.333. The molecule has 0 atom stereocenters. The third kappa shape index (κ3) is 7.85. The molecule has 0 radical (unpaired) electrons. The van der Waals surface area contributed by atoms with Gasteiger partial charge in [0.2, 0.25) is 11.8 Å². The molecule has 0 saturated carbocycles. The van der Waals surface area contributed by atoms with Crippen molar-refractivity contribution < 1.29 is 14.7 Å². The number of anilines is 1. The summed E-state index contributed by atoms with van der Waals surface area (Å²) in [4.78, 5) is 24.0. The Morgan fingerprint density at radius 1 is 0.963 bits per heavy atom. The first kappa shape index (κ1) is 21.0. The molecule has 27 heavy (non-hydrogen) atoms. The molecule has 0 aliphatic carbocycles. The van der Waals surface area contributed by atoms with Gasteiger partial charge in [-0.25, -0.2) is 0 Å². The third-order valence-corrected chi connectivity index (χ3v) is 4.82. The van der Waals surface area contributed by atoms with Crippen LogP contribution in [-0.4, -0.2) is 34.8 Å². The summed E-state index contributed by atoms with van der Waals surface area (Å²) in [5.74, 6) is 0.983. The Kier molecular flexibility index (Phi) is 7.88. The van der Waals surface area contributed by atoms with E-state index in [1.807, 2.05) is 42.5 Å². The Morgan fingerprint density at radius 3 is 2.26 bits per heavy atom. The standard InChI is InChI=1S/C21H26N2O3S/c1-21(2,15-24)23-19(25)12-16-8-10-18(11-9-16)22-20(26)14-27-13-17-6-4-3-5-7-17/h3-11,24H,12-15H2,1-2H3,(H,22,26)(H,23,25). The Morgan fingerprint density at radius 2 is 1.63 bits per heavy atom. The van der Waals surface area contributed by atoms with Crippen molar-refractivity contribution in [3.8, 4) is 0 Å². The summed E-state index contributed by atoms with van der Waals surface area (Å²) in [7, 11) is 0. The highest BCUT2D eigenvalue weighted by Crippen LogP contribution is 2.14. The first-order valence-electron chi connectivity index (χ1n) is 8.80. The van der Waals surface area contributed by atoms with Gasteiger partial charge in [-0.05, 0) is 37.1 Å². The van der Waals surface area contributed by atoms with Crippen LogP contribution < -0.4 is 10.6 Å². The zero-order valence-corrected chi connectivity index (χ0v) is 16.5. The van der Waals surface area contributed by atoms with Crippen LogP contribution in [0.25, 0.3) is 0 Å². The molecule has 144 valence electrons. The van der Waals surface area contributed by atoms with Crippen LogP contribution in [0.4, 0.5) is 5.69 Å². The van der Waals surface area contributed by atoms with Gasteiger partial charge in [-0.1, -0.05) is 42.5 Å². The van der Waals surface area contributed by atoms with Crippen molar-refractivity contribution in [2.24, 2.45) is 0 Å². The minimum absolute atomic E-state index is 0.0499. The number of hydrogen-bond acceptors (Lipinski definition) is 4. The van der Waals surface area contributed by atoms with Gasteiger partial charge in [0.1, 0.15) is 0 Å². The normalized spacial score (nSPS) is 11.1. The van der Waals surface area contributed by atoms with Crippen molar-refractivity contribution in [2.75, 3.05) is 17.7 Å². The smallest absolute Gasteiger partial charge is 0.234 e. The van der Waals surface area contributed by atoms with E-state index < -0.39 is 5.54 Å². The summed E-state index contributed by atoms with van der Waals surface area (Å²) in [5.41, 5.74) is 2.11. The molecule has 0 bridgehead atoms. The van der Waals surface area contributed by atoms with Gasteiger partial charge >= 0.3 is 0 Å². The molecular formula is C21H26N2O3S. The van der Waals surface area contributed by atoms with Crippen molar-refractivity contribution in [1.82, 2.24) is 5.32 Å². The molecule has 6 heteroatoms. The van der Waals surface area contributed by atoms with Crippen molar-refractivity contribution in [1.29, 1.82) is 0 Å². The molecule has 0 aromatic heterocycles. The van der Waals surface area contributed by atoms with E-state index in [1.54, 1.807) is 37.7 Å². The van der Waals surface area contributed by atoms with Gasteiger partial charge in [-0.3, -0.25) is 9.59 Å². The van der Waals surface area contributed by atoms with Gasteiger partial charge in [0, 0.05) is 11.4 Å². The van der Waals surface area contributed by atoms with E-state index in [9.17, 15) is 14.7 Å². The quantitative estimate of drug-likeness (QED) is 0.619. The Labute approximate surface area is 164 Å². The van der Waals surface area contributed by atoms with Crippen LogP contribution in [0.1, 0.15) is 25.0 Å². The molecule has 2 aromatic carbocycles. The lowest BCUT2D eigenvalue weighted by Gasteiger charge is -2.23. The Bertz CT molecular complexity index is 746. The number of aliphatic hydroxyl groups excluding tert-OH is 1. The van der Waals surface area contributed by atoms with E-state index in [0.29, 0.717) is 11.4 Å². The van der Waals surface area contributed by atoms with E-state index in [2.05, 4.69) is 10.6 Å². The van der Waals surface area contributed by atoms with Crippen LogP contribution in [-0.2, 0) is 21.8 Å². The minimum atomic E-state index is -0.636. The predicted molar refractivity (Wildman–Crippen MR) is 111 cm³/mol. The molecule has 5 nitrogen and oxygen atoms in total. The molecular weight excluding hydrogens is 360 g/mol. The van der Waals surface area contributed by atoms with Gasteiger partial charge < -0.3 is 15.7 Å². The molecule has 0 unspecified atom stereocenters. The SMILES string of the molecule is CC(C)(CO)NC(=O)Cc1ccc(NC(=O)CSCc2ccccc2)cc1. The van der Waals surface area contributed by atoms with E-state index >= 15 is 0 Å². The summed E-state index contributed by atoms with van der Waals surface area (Å²) in [6, 6.07) is 17.3. The van der Waals surface area contributed by atoms with Gasteiger partial charge in [0.25, 0.3) is 0 Å². The predicted octanol–water partition coefficient (Wildman–Crippen LogP) is 2.99. The van der Waals surface area contributed by atoms with Crippen LogP contribution in [0, 0.1) is 0 Å². The summed E-state index contributed by atoms with van der Waals surface area (Å²) >= 11 is 1.57. The number of carbonyl (C=O) groups excluding carboxylic acids is 2. The lowest BCUT2D eigenvalue weighted by molar-refractivity contribution is -0.122. The number of hydrogen-bond donors (Lipinski definition) is 3. The van der Waals surface area contributed by atoms with E-state index in [1.165, 1.54) is 5.56 Å². The second-order valence-corrected chi connectivity index (χ2v) is 7.98. The molecule has 0 aliphatic rings. The molecule has 2 aromatic rings. The molecule has 0 fully saturated rings. The summed E-state index contributed by atoms with van der Waals surface area (Å²) < 4.78 is 0. The molecule has 0 spiro atoms. The number of carbonyl (C=O) groups is 2. The number of nitrogens with one attached hydrogen (secondary N) is 2. The lowest BCUT2D eigenvalue weighted by atomic mass is 10.1. The summed E-state index contributed by atoms with van der Waals surface area (Å²) in [6.07, 6.45) is 0.227. The van der Waals surface area contributed by atoms with Crippen molar-refractivity contribution in [3.05, 3.63) is 65.7 Å². The third-order valence-electron chi connectivity index (χ3n) is 3.82. The minimum Gasteiger partial charge on any atom is -0.394 e. The fourth-order valence-electron chi connectivity index (χ4n) is 2.39. The number of rotatable bonds is 9. The fourth-order valence-corrected chi connectivity index (χ4v) is 3.17. The van der Waals surface area contributed by atoms with Gasteiger partial charge in [0.15, 0.2) is 0 Å². The Hall–Kier alpha value is -2.31. The molecule has 2 rings (SSSR count). The number of amides is 2. The van der Waals surface area contributed by atoms with E-state index in [4.69, 9.17) is 0 Å². The zero-order valence-electron chi connectivity index (χ0n) is 15.7. The highest BCUT2D eigenvalue weighted by Gasteiger charge is 2.18. The first-order chi connectivity index (χ1) is 12.9. The summed E-state index contributed by atoms with van der Waals surface area (Å²) in [5, 5.41) is 14.8. The van der Waals surface area contributed by atoms with Crippen molar-refractivity contribution in [2.45, 2.75) is 31.6 Å². The molecule has 2 amide bonds. The monoisotopic (exact) mass is 386 g/mol. The van der Waals surface area contributed by atoms with Gasteiger partial charge in [-0.15, -0.1) is 11.8 Å². The maximum Gasteiger partial charge on any atom is 0.234 e. The first-order valence-corrected chi connectivity index (χ1v) is 9.96. The highest BCUT2D eigenvalue weighted by molar-refractivity contribution is 7.99. The van der Waals surface area contributed by atoms with Crippen LogP contribution in [0.3, 0.4) is 0 Å². The zero-order chi connectivity index (χ0) is 19.7. The van der Waals surface area contributed by atoms with E-state index in [0.717, 1.165) is 11.3 Å². The van der Waals surface area contributed by atoms with Crippen molar-refractivity contribution in [3.63, 3.8) is 0 Å². The molecule has 0 saturated heterocycles. The van der Waals surface area contributed by atoms with Gasteiger partial charge in [-0.2, -0.15) is 0 Å². The van der Waals surface area contributed by atoms with Gasteiger partial charge in [0.05, 0.1) is 24.3 Å². The second kappa shape index (κ2) is 10.1. The van der Waals surface area contributed by atoms with E-state index in [-0.39, 0.29) is 24.8 Å². The average Bonchev–Trinajstić information content (AvgIpc) is 2.64. The van der Waals surface area contributed by atoms with Crippen LogP contribution >= 0.6 is 11.8 Å². The van der Waals surface area contributed by atoms with Crippen LogP contribution in [0.2, 0.25) is 0 Å². The van der Waals surface area contributed by atoms with Crippen LogP contribution in [0.5, 0.6) is 0 Å². The number of aliphatic hydroxyl groups is 1. The maximum atomic E-state index is 12.0. The highest BCUT2D eigenvalue weighted by atomic mass is 32.2. The number of benzene rings is 2. The van der Waals surface area contributed by atoms with Crippen LogP contribution in [0.15, 0.2) is 54.6 Å². The van der Waals surface area contributed by atoms with Crippen molar-refractivity contribution >= 4 is 29.3 Å².